The molecule has 1 aromatic carbocycles. The van der Waals surface area contributed by atoms with Gasteiger partial charge in [-0.2, -0.15) is 0 Å². The van der Waals surface area contributed by atoms with Gasteiger partial charge in [-0.1, -0.05) is 0 Å². The van der Waals surface area contributed by atoms with Crippen LogP contribution in [0, 0.1) is 0 Å². The van der Waals surface area contributed by atoms with E-state index in [1.165, 1.54) is 40.2 Å². The summed E-state index contributed by atoms with van der Waals surface area (Å²) in [6.45, 7) is 3.06. The molecule has 0 unspecified atom stereocenters. The van der Waals surface area contributed by atoms with Crippen LogP contribution in [0.1, 0.15) is 30.6 Å². The van der Waals surface area contributed by atoms with E-state index in [2.05, 4.69) is 0 Å². The summed E-state index contributed by atoms with van der Waals surface area (Å²) >= 11 is 0. The molecule has 0 aliphatic heterocycles. The molecular weight excluding hydrogens is 236 g/mol. The molecule has 2 N–H and O–H groups in total. The number of rotatable bonds is 5. The molecule has 0 saturated heterocycles. The van der Waals surface area contributed by atoms with E-state index in [1.54, 1.807) is 0 Å². The summed E-state index contributed by atoms with van der Waals surface area (Å²) in [6.07, 6.45) is -0.0873. The Balaban J connectivity index is 3.13. The van der Waals surface area contributed by atoms with Crippen LogP contribution in [0.2, 0.25) is 0 Å². The van der Waals surface area contributed by atoms with Crippen molar-refractivity contribution >= 4 is 5.78 Å². The number of methoxy groups -OCH3 is 2. The van der Waals surface area contributed by atoms with Crippen LogP contribution in [0.15, 0.2) is 12.1 Å². The quantitative estimate of drug-likeness (QED) is 0.783. The largest absolute Gasteiger partial charge is 0.507 e. The van der Waals surface area contributed by atoms with Crippen molar-refractivity contribution in [3.8, 4) is 17.2 Å². The lowest BCUT2D eigenvalue weighted by molar-refractivity contribution is 0.0586. The van der Waals surface area contributed by atoms with Crippen molar-refractivity contribution in [2.45, 2.75) is 25.9 Å². The van der Waals surface area contributed by atoms with Crippen molar-refractivity contribution in [2.75, 3.05) is 14.2 Å². The third kappa shape index (κ3) is 3.37. The average molecular weight is 254 g/mol. The van der Waals surface area contributed by atoms with E-state index < -0.39 is 5.60 Å². The van der Waals surface area contributed by atoms with E-state index >= 15 is 0 Å². The molecule has 0 amide bonds. The molecule has 100 valence electrons. The van der Waals surface area contributed by atoms with Gasteiger partial charge in [-0.3, -0.25) is 4.79 Å². The predicted molar refractivity (Wildman–Crippen MR) is 66.5 cm³/mol. The van der Waals surface area contributed by atoms with Gasteiger partial charge in [0, 0.05) is 12.5 Å². The standard InChI is InChI=1S/C13H18O5/c1-13(2,16)7-10(15)8-5-11(17-3)12(18-4)6-9(8)14/h5-6,14,16H,7H2,1-4H3. The van der Waals surface area contributed by atoms with Crippen LogP contribution in [0.5, 0.6) is 17.2 Å². The van der Waals surface area contributed by atoms with Crippen LogP contribution in [0.3, 0.4) is 0 Å². The number of ketones is 1. The number of hydrogen-bond acceptors (Lipinski definition) is 5. The average Bonchev–Trinajstić information content (AvgIpc) is 2.26. The number of aromatic hydroxyl groups is 1. The minimum absolute atomic E-state index is 0.0873. The second-order valence-electron chi connectivity index (χ2n) is 4.64. The highest BCUT2D eigenvalue weighted by Gasteiger charge is 2.23. The first kappa shape index (κ1) is 14.3. The molecule has 0 bridgehead atoms. The second kappa shape index (κ2) is 5.27. The van der Waals surface area contributed by atoms with E-state index in [0.29, 0.717) is 11.5 Å². The van der Waals surface area contributed by atoms with Gasteiger partial charge in [0.2, 0.25) is 0 Å². The van der Waals surface area contributed by atoms with Crippen LogP contribution >= 0.6 is 0 Å². The molecule has 0 fully saturated rings. The van der Waals surface area contributed by atoms with Crippen molar-refractivity contribution in [3.63, 3.8) is 0 Å². The third-order valence-electron chi connectivity index (χ3n) is 2.40. The van der Waals surface area contributed by atoms with Gasteiger partial charge in [0.1, 0.15) is 5.75 Å². The summed E-state index contributed by atoms with van der Waals surface area (Å²) in [5, 5.41) is 19.4. The molecule has 0 saturated carbocycles. The maximum atomic E-state index is 11.9. The molecule has 5 heteroatoms. The fraction of sp³-hybridized carbons (Fsp3) is 0.462. The van der Waals surface area contributed by atoms with E-state index in [1.807, 2.05) is 0 Å². The number of phenolic OH excluding ortho intramolecular Hbond substituents is 1. The van der Waals surface area contributed by atoms with Crippen LogP contribution < -0.4 is 9.47 Å². The first-order chi connectivity index (χ1) is 8.28. The number of hydrogen-bond donors (Lipinski definition) is 2. The molecule has 1 aromatic rings. The zero-order chi connectivity index (χ0) is 13.9. The van der Waals surface area contributed by atoms with Gasteiger partial charge < -0.3 is 19.7 Å². The van der Waals surface area contributed by atoms with Gasteiger partial charge in [0.15, 0.2) is 17.3 Å². The fourth-order valence-electron chi connectivity index (χ4n) is 1.58. The molecule has 0 aliphatic rings. The molecule has 0 spiro atoms. The molecular formula is C13H18O5. The van der Waals surface area contributed by atoms with E-state index in [0.717, 1.165) is 0 Å². The van der Waals surface area contributed by atoms with E-state index in [4.69, 9.17) is 9.47 Å². The number of aliphatic hydroxyl groups is 1. The number of carbonyl (C=O) groups is 1. The topological polar surface area (TPSA) is 76.0 Å². The van der Waals surface area contributed by atoms with Gasteiger partial charge >= 0.3 is 0 Å². The summed E-state index contributed by atoms with van der Waals surface area (Å²) in [6, 6.07) is 2.72. The zero-order valence-corrected chi connectivity index (χ0v) is 11.0. The summed E-state index contributed by atoms with van der Waals surface area (Å²) in [4.78, 5) is 11.9. The van der Waals surface area contributed by atoms with Gasteiger partial charge in [-0.15, -0.1) is 0 Å². The maximum Gasteiger partial charge on any atom is 0.169 e. The third-order valence-corrected chi connectivity index (χ3v) is 2.40. The van der Waals surface area contributed by atoms with Crippen molar-refractivity contribution < 1.29 is 24.5 Å². The normalized spacial score (nSPS) is 11.2. The van der Waals surface area contributed by atoms with Gasteiger partial charge in [-0.25, -0.2) is 0 Å². The zero-order valence-electron chi connectivity index (χ0n) is 11.0. The lowest BCUT2D eigenvalue weighted by Gasteiger charge is -2.17. The Labute approximate surface area is 106 Å². The summed E-state index contributed by atoms with van der Waals surface area (Å²) in [5.41, 5.74) is -1.02. The SMILES string of the molecule is COc1cc(O)c(C(=O)CC(C)(C)O)cc1OC. The summed E-state index contributed by atoms with van der Waals surface area (Å²) in [5.74, 6) is 0.145. The Bertz CT molecular complexity index is 445. The minimum Gasteiger partial charge on any atom is -0.507 e. The number of carbonyl (C=O) groups excluding carboxylic acids is 1. The van der Waals surface area contributed by atoms with Gasteiger partial charge in [0.05, 0.1) is 25.4 Å². The Kier molecular flexibility index (Phi) is 4.19. The summed E-state index contributed by atoms with van der Waals surface area (Å²) < 4.78 is 10.1. The maximum absolute atomic E-state index is 11.9. The number of Topliss-reactive ketones (excluding diaryl/α,β-unsaturated/α-hetero) is 1. The minimum atomic E-state index is -1.13. The fourth-order valence-corrected chi connectivity index (χ4v) is 1.58. The lowest BCUT2D eigenvalue weighted by Crippen LogP contribution is -2.23. The summed E-state index contributed by atoms with van der Waals surface area (Å²) in [7, 11) is 2.88. The van der Waals surface area contributed by atoms with Crippen LogP contribution in [-0.4, -0.2) is 35.8 Å². The Morgan fingerprint density at radius 3 is 2.17 bits per heavy atom. The second-order valence-corrected chi connectivity index (χ2v) is 4.64. The van der Waals surface area contributed by atoms with Crippen molar-refractivity contribution in [1.82, 2.24) is 0 Å². The Morgan fingerprint density at radius 1 is 1.22 bits per heavy atom. The molecule has 0 aliphatic carbocycles. The highest BCUT2D eigenvalue weighted by Crippen LogP contribution is 2.35. The number of ether oxygens (including phenoxy) is 2. The molecule has 1 rings (SSSR count). The van der Waals surface area contributed by atoms with E-state index in [-0.39, 0.29) is 23.5 Å². The monoisotopic (exact) mass is 254 g/mol. The van der Waals surface area contributed by atoms with E-state index in [9.17, 15) is 15.0 Å². The van der Waals surface area contributed by atoms with Crippen LogP contribution in [0.4, 0.5) is 0 Å². The van der Waals surface area contributed by atoms with Gasteiger partial charge in [-0.05, 0) is 19.9 Å². The molecule has 0 heterocycles. The Hall–Kier alpha value is -1.75. The first-order valence-electron chi connectivity index (χ1n) is 5.49. The van der Waals surface area contributed by atoms with Crippen molar-refractivity contribution in [3.05, 3.63) is 17.7 Å². The van der Waals surface area contributed by atoms with Crippen molar-refractivity contribution in [2.24, 2.45) is 0 Å². The first-order valence-corrected chi connectivity index (χ1v) is 5.49. The number of benzene rings is 1. The highest BCUT2D eigenvalue weighted by atomic mass is 16.5. The van der Waals surface area contributed by atoms with Crippen LogP contribution in [0.25, 0.3) is 0 Å². The lowest BCUT2D eigenvalue weighted by atomic mass is 9.97. The number of phenols is 1. The Morgan fingerprint density at radius 2 is 1.72 bits per heavy atom. The predicted octanol–water partition coefficient (Wildman–Crippen LogP) is 1.75. The molecule has 18 heavy (non-hydrogen) atoms. The van der Waals surface area contributed by atoms with Crippen molar-refractivity contribution in [1.29, 1.82) is 0 Å². The molecule has 0 atom stereocenters. The molecule has 5 nitrogen and oxygen atoms in total. The smallest absolute Gasteiger partial charge is 0.169 e. The van der Waals surface area contributed by atoms with Gasteiger partial charge in [0.25, 0.3) is 0 Å². The van der Waals surface area contributed by atoms with Crippen LogP contribution in [-0.2, 0) is 0 Å². The molecule has 0 radical (unpaired) electrons. The molecule has 0 aromatic heterocycles. The highest BCUT2D eigenvalue weighted by molar-refractivity contribution is 5.99.